The van der Waals surface area contributed by atoms with Crippen LogP contribution in [0, 0.1) is 0 Å². The molecular formula is C14H19ClN4O2. The molecule has 0 radical (unpaired) electrons. The van der Waals surface area contributed by atoms with Crippen LogP contribution in [0.2, 0.25) is 5.02 Å². The van der Waals surface area contributed by atoms with E-state index in [1.54, 1.807) is 18.2 Å². The van der Waals surface area contributed by atoms with Gasteiger partial charge in [0.2, 0.25) is 5.91 Å². The molecule has 0 saturated carbocycles. The molecule has 0 aromatic heterocycles. The number of carbonyl (C=O) groups is 2. The van der Waals surface area contributed by atoms with E-state index >= 15 is 0 Å². The first-order valence-electron chi connectivity index (χ1n) is 6.81. The summed E-state index contributed by atoms with van der Waals surface area (Å²) >= 11 is 5.89. The van der Waals surface area contributed by atoms with Crippen molar-refractivity contribution < 1.29 is 9.59 Å². The first kappa shape index (κ1) is 15.6. The number of amides is 2. The fourth-order valence-electron chi connectivity index (χ4n) is 2.47. The topological polar surface area (TPSA) is 101 Å². The third kappa shape index (κ3) is 4.61. The number of rotatable bonds is 4. The van der Waals surface area contributed by atoms with Crippen molar-refractivity contribution in [2.24, 2.45) is 5.73 Å². The van der Waals surface area contributed by atoms with E-state index in [1.807, 2.05) is 4.90 Å². The van der Waals surface area contributed by atoms with Crippen molar-refractivity contribution in [3.05, 3.63) is 28.8 Å². The molecule has 1 heterocycles. The van der Waals surface area contributed by atoms with Crippen molar-refractivity contribution in [1.29, 1.82) is 0 Å². The molecule has 1 aliphatic heterocycles. The van der Waals surface area contributed by atoms with Crippen LogP contribution in [0.25, 0.3) is 0 Å². The largest absolute Gasteiger partial charge is 0.399 e. The maximum atomic E-state index is 12.2. The summed E-state index contributed by atoms with van der Waals surface area (Å²) in [5.74, 6) is -0.510. The van der Waals surface area contributed by atoms with E-state index < -0.39 is 0 Å². The average molecular weight is 311 g/mol. The lowest BCUT2D eigenvalue weighted by Gasteiger charge is -2.31. The second-order valence-corrected chi connectivity index (χ2v) is 5.70. The number of piperidine rings is 1. The van der Waals surface area contributed by atoms with Crippen molar-refractivity contribution in [3.63, 3.8) is 0 Å². The number of hydrogen-bond acceptors (Lipinski definition) is 4. The fraction of sp³-hybridized carbons (Fsp3) is 0.429. The Morgan fingerprint density at radius 1 is 1.29 bits per heavy atom. The van der Waals surface area contributed by atoms with E-state index in [-0.39, 0.29) is 24.4 Å². The van der Waals surface area contributed by atoms with Crippen molar-refractivity contribution in [3.8, 4) is 0 Å². The third-order valence-corrected chi connectivity index (χ3v) is 3.70. The highest BCUT2D eigenvalue weighted by Gasteiger charge is 2.22. The highest BCUT2D eigenvalue weighted by Crippen LogP contribution is 2.17. The van der Waals surface area contributed by atoms with Gasteiger partial charge in [-0.25, -0.2) is 0 Å². The normalized spacial score (nSPS) is 16.6. The minimum absolute atomic E-state index is 0.0850. The number of nitrogens with one attached hydrogen (secondary N) is 1. The van der Waals surface area contributed by atoms with Crippen molar-refractivity contribution in [2.75, 3.05) is 25.4 Å². The molecule has 1 fully saturated rings. The van der Waals surface area contributed by atoms with E-state index in [9.17, 15) is 9.59 Å². The number of primary amides is 1. The maximum absolute atomic E-state index is 12.2. The fourth-order valence-corrected chi connectivity index (χ4v) is 2.71. The smallest absolute Gasteiger partial charge is 0.251 e. The molecule has 0 aliphatic carbocycles. The van der Waals surface area contributed by atoms with Gasteiger partial charge in [-0.2, -0.15) is 0 Å². The van der Waals surface area contributed by atoms with Gasteiger partial charge >= 0.3 is 0 Å². The monoisotopic (exact) mass is 310 g/mol. The Hall–Kier alpha value is -1.79. The predicted molar refractivity (Wildman–Crippen MR) is 82.0 cm³/mol. The number of hydrogen-bond donors (Lipinski definition) is 3. The zero-order chi connectivity index (χ0) is 15.4. The van der Waals surface area contributed by atoms with Crippen LogP contribution in [-0.4, -0.2) is 42.4 Å². The van der Waals surface area contributed by atoms with Crippen LogP contribution in [0.5, 0.6) is 0 Å². The van der Waals surface area contributed by atoms with Crippen LogP contribution in [0.1, 0.15) is 23.2 Å². The average Bonchev–Trinajstić information content (AvgIpc) is 2.39. The van der Waals surface area contributed by atoms with Gasteiger partial charge in [-0.3, -0.25) is 14.5 Å². The standard InChI is InChI=1S/C14H19ClN4O2/c15-10-5-9(6-11(16)7-10)14(21)18-12-1-3-19(4-2-12)8-13(17)20/h5-7,12H,1-4,8,16H2,(H2,17,20)(H,18,21). The first-order chi connectivity index (χ1) is 9.94. The van der Waals surface area contributed by atoms with Crippen LogP contribution >= 0.6 is 11.6 Å². The summed E-state index contributed by atoms with van der Waals surface area (Å²) in [6.07, 6.45) is 1.57. The van der Waals surface area contributed by atoms with Crippen LogP contribution in [0.15, 0.2) is 18.2 Å². The Bertz CT molecular complexity index is 522. The SMILES string of the molecule is NC(=O)CN1CCC(NC(=O)c2cc(N)cc(Cl)c2)CC1. The number of nitrogens with two attached hydrogens (primary N) is 2. The molecule has 1 aromatic carbocycles. The molecule has 1 saturated heterocycles. The number of halogens is 1. The van der Waals surface area contributed by atoms with Crippen molar-refractivity contribution >= 4 is 29.1 Å². The molecule has 1 aromatic rings. The van der Waals surface area contributed by atoms with E-state index in [0.29, 0.717) is 16.3 Å². The Balaban J connectivity index is 1.88. The summed E-state index contributed by atoms with van der Waals surface area (Å²) in [4.78, 5) is 25.0. The molecule has 0 atom stereocenters. The number of likely N-dealkylation sites (tertiary alicyclic amines) is 1. The summed E-state index contributed by atoms with van der Waals surface area (Å²) in [6, 6.07) is 4.88. The number of carbonyl (C=O) groups excluding carboxylic acids is 2. The van der Waals surface area contributed by atoms with Gasteiger partial charge in [-0.1, -0.05) is 11.6 Å². The molecule has 114 valence electrons. The van der Waals surface area contributed by atoms with Gasteiger partial charge in [0.05, 0.1) is 6.54 Å². The van der Waals surface area contributed by atoms with Crippen LogP contribution in [-0.2, 0) is 4.79 Å². The zero-order valence-electron chi connectivity index (χ0n) is 11.6. The Morgan fingerprint density at radius 3 is 2.52 bits per heavy atom. The number of nitrogens with zero attached hydrogens (tertiary/aromatic N) is 1. The molecule has 1 aliphatic rings. The molecule has 0 spiro atoms. The van der Waals surface area contributed by atoms with Crippen LogP contribution in [0.3, 0.4) is 0 Å². The summed E-state index contributed by atoms with van der Waals surface area (Å²) in [7, 11) is 0. The molecule has 0 bridgehead atoms. The van der Waals surface area contributed by atoms with E-state index in [2.05, 4.69) is 5.32 Å². The molecule has 2 amide bonds. The summed E-state index contributed by atoms with van der Waals surface area (Å²) in [5, 5.41) is 3.41. The van der Waals surface area contributed by atoms with Gasteiger partial charge in [0.15, 0.2) is 0 Å². The first-order valence-corrected chi connectivity index (χ1v) is 7.19. The zero-order valence-corrected chi connectivity index (χ0v) is 12.4. The summed E-state index contributed by atoms with van der Waals surface area (Å²) in [6.45, 7) is 1.75. The molecule has 5 N–H and O–H groups in total. The van der Waals surface area contributed by atoms with Gasteiger partial charge in [0.1, 0.15) is 0 Å². The highest BCUT2D eigenvalue weighted by molar-refractivity contribution is 6.31. The third-order valence-electron chi connectivity index (χ3n) is 3.48. The van der Waals surface area contributed by atoms with E-state index in [1.165, 1.54) is 0 Å². The Morgan fingerprint density at radius 2 is 1.95 bits per heavy atom. The quantitative estimate of drug-likeness (QED) is 0.709. The lowest BCUT2D eigenvalue weighted by atomic mass is 10.0. The second-order valence-electron chi connectivity index (χ2n) is 5.26. The lowest BCUT2D eigenvalue weighted by Crippen LogP contribution is -2.46. The van der Waals surface area contributed by atoms with Gasteiger partial charge in [-0.05, 0) is 31.0 Å². The van der Waals surface area contributed by atoms with Gasteiger partial charge in [0.25, 0.3) is 5.91 Å². The molecule has 7 heteroatoms. The number of nitrogen functional groups attached to an aromatic ring is 1. The molecule has 0 unspecified atom stereocenters. The number of benzene rings is 1. The lowest BCUT2D eigenvalue weighted by molar-refractivity contribution is -0.119. The van der Waals surface area contributed by atoms with Gasteiger partial charge in [-0.15, -0.1) is 0 Å². The molecule has 6 nitrogen and oxygen atoms in total. The van der Waals surface area contributed by atoms with Gasteiger partial charge in [0, 0.05) is 35.4 Å². The molecular weight excluding hydrogens is 292 g/mol. The summed E-state index contributed by atoms with van der Waals surface area (Å²) in [5.41, 5.74) is 11.8. The van der Waals surface area contributed by atoms with Crippen molar-refractivity contribution in [2.45, 2.75) is 18.9 Å². The van der Waals surface area contributed by atoms with E-state index in [4.69, 9.17) is 23.1 Å². The second kappa shape index (κ2) is 6.78. The highest BCUT2D eigenvalue weighted by atomic mass is 35.5. The van der Waals surface area contributed by atoms with E-state index in [0.717, 1.165) is 25.9 Å². The molecule has 2 rings (SSSR count). The maximum Gasteiger partial charge on any atom is 0.251 e. The Labute approximate surface area is 128 Å². The van der Waals surface area contributed by atoms with Crippen LogP contribution in [0.4, 0.5) is 5.69 Å². The van der Waals surface area contributed by atoms with Crippen LogP contribution < -0.4 is 16.8 Å². The number of anilines is 1. The minimum Gasteiger partial charge on any atom is -0.399 e. The van der Waals surface area contributed by atoms with Crippen molar-refractivity contribution in [1.82, 2.24) is 10.2 Å². The molecule has 21 heavy (non-hydrogen) atoms. The summed E-state index contributed by atoms with van der Waals surface area (Å²) < 4.78 is 0. The predicted octanol–water partition coefficient (Wildman–Crippen LogP) is 0.602. The minimum atomic E-state index is -0.327. The Kier molecular flexibility index (Phi) is 5.03. The van der Waals surface area contributed by atoms with Gasteiger partial charge < -0.3 is 16.8 Å².